The minimum absolute atomic E-state index is 0.0285. The van der Waals surface area contributed by atoms with Crippen LogP contribution >= 0.6 is 0 Å². The van der Waals surface area contributed by atoms with E-state index in [9.17, 15) is 0 Å². The standard InChI is InChI=1S/C12H13N3O/c1-9(13)10-4-6-15-12(7-10)16-11-3-2-5-14-8-11/h2-9H,13H2,1H3/t9-/m0/s1. The van der Waals surface area contributed by atoms with Gasteiger partial charge in [-0.3, -0.25) is 4.98 Å². The van der Waals surface area contributed by atoms with Crippen molar-refractivity contribution >= 4 is 0 Å². The molecule has 0 fully saturated rings. The summed E-state index contributed by atoms with van der Waals surface area (Å²) >= 11 is 0. The summed E-state index contributed by atoms with van der Waals surface area (Å²) in [6, 6.07) is 7.32. The Kier molecular flexibility index (Phi) is 3.12. The highest BCUT2D eigenvalue weighted by atomic mass is 16.5. The molecule has 4 heteroatoms. The summed E-state index contributed by atoms with van der Waals surface area (Å²) in [5.41, 5.74) is 6.77. The lowest BCUT2D eigenvalue weighted by Crippen LogP contribution is -2.05. The Morgan fingerprint density at radius 2 is 2.19 bits per heavy atom. The van der Waals surface area contributed by atoms with E-state index in [0.717, 1.165) is 5.56 Å². The predicted octanol–water partition coefficient (Wildman–Crippen LogP) is 2.29. The average molecular weight is 215 g/mol. The van der Waals surface area contributed by atoms with Crippen molar-refractivity contribution in [2.75, 3.05) is 0 Å². The highest BCUT2D eigenvalue weighted by Crippen LogP contribution is 2.20. The van der Waals surface area contributed by atoms with Gasteiger partial charge in [-0.2, -0.15) is 0 Å². The number of pyridine rings is 2. The molecule has 2 heterocycles. The monoisotopic (exact) mass is 215 g/mol. The average Bonchev–Trinajstić information content (AvgIpc) is 2.30. The molecule has 0 amide bonds. The van der Waals surface area contributed by atoms with Gasteiger partial charge in [0.1, 0.15) is 5.75 Å². The van der Waals surface area contributed by atoms with E-state index in [1.165, 1.54) is 0 Å². The van der Waals surface area contributed by atoms with Crippen LogP contribution in [0, 0.1) is 0 Å². The first kappa shape index (κ1) is 10.6. The van der Waals surface area contributed by atoms with Crippen LogP contribution in [0.2, 0.25) is 0 Å². The summed E-state index contributed by atoms with van der Waals surface area (Å²) in [4.78, 5) is 8.07. The van der Waals surface area contributed by atoms with Crippen LogP contribution in [-0.4, -0.2) is 9.97 Å². The quantitative estimate of drug-likeness (QED) is 0.853. The van der Waals surface area contributed by atoms with Gasteiger partial charge in [0.15, 0.2) is 0 Å². The second kappa shape index (κ2) is 4.72. The van der Waals surface area contributed by atoms with E-state index >= 15 is 0 Å². The SMILES string of the molecule is C[C@H](N)c1ccnc(Oc2cccnc2)c1. The van der Waals surface area contributed by atoms with Gasteiger partial charge >= 0.3 is 0 Å². The first-order valence-corrected chi connectivity index (χ1v) is 5.05. The number of nitrogens with two attached hydrogens (primary N) is 1. The van der Waals surface area contributed by atoms with Crippen LogP contribution in [0.15, 0.2) is 42.9 Å². The Balaban J connectivity index is 2.19. The van der Waals surface area contributed by atoms with Gasteiger partial charge in [0.25, 0.3) is 0 Å². The molecule has 0 aliphatic rings. The summed E-state index contributed by atoms with van der Waals surface area (Å²) in [5, 5.41) is 0. The number of aromatic nitrogens is 2. The first-order valence-electron chi connectivity index (χ1n) is 5.05. The van der Waals surface area contributed by atoms with Crippen molar-refractivity contribution in [3.63, 3.8) is 0 Å². The largest absolute Gasteiger partial charge is 0.437 e. The molecule has 0 aromatic carbocycles. The topological polar surface area (TPSA) is 61.0 Å². The zero-order chi connectivity index (χ0) is 11.4. The van der Waals surface area contributed by atoms with Crippen LogP contribution in [0.25, 0.3) is 0 Å². The van der Waals surface area contributed by atoms with E-state index in [0.29, 0.717) is 11.6 Å². The maximum absolute atomic E-state index is 5.78. The minimum Gasteiger partial charge on any atom is -0.437 e. The molecular weight excluding hydrogens is 202 g/mol. The lowest BCUT2D eigenvalue weighted by Gasteiger charge is -2.08. The molecule has 2 rings (SSSR count). The maximum Gasteiger partial charge on any atom is 0.219 e. The fourth-order valence-electron chi connectivity index (χ4n) is 1.29. The zero-order valence-electron chi connectivity index (χ0n) is 9.00. The number of rotatable bonds is 3. The smallest absolute Gasteiger partial charge is 0.219 e. The van der Waals surface area contributed by atoms with E-state index in [-0.39, 0.29) is 6.04 Å². The van der Waals surface area contributed by atoms with E-state index in [2.05, 4.69) is 9.97 Å². The highest BCUT2D eigenvalue weighted by Gasteiger charge is 2.03. The van der Waals surface area contributed by atoms with Gasteiger partial charge in [-0.15, -0.1) is 0 Å². The summed E-state index contributed by atoms with van der Waals surface area (Å²) in [5.74, 6) is 1.19. The molecule has 0 spiro atoms. The molecule has 0 saturated carbocycles. The number of hydrogen-bond donors (Lipinski definition) is 1. The number of ether oxygens (including phenoxy) is 1. The van der Waals surface area contributed by atoms with Gasteiger partial charge in [0.05, 0.1) is 6.20 Å². The van der Waals surface area contributed by atoms with Crippen molar-refractivity contribution in [3.8, 4) is 11.6 Å². The van der Waals surface area contributed by atoms with Crippen molar-refractivity contribution in [2.45, 2.75) is 13.0 Å². The van der Waals surface area contributed by atoms with E-state index in [1.807, 2.05) is 31.2 Å². The van der Waals surface area contributed by atoms with Crippen LogP contribution < -0.4 is 10.5 Å². The Bertz CT molecular complexity index is 457. The molecule has 82 valence electrons. The number of hydrogen-bond acceptors (Lipinski definition) is 4. The van der Waals surface area contributed by atoms with E-state index < -0.39 is 0 Å². The summed E-state index contributed by atoms with van der Waals surface area (Å²) in [6.07, 6.45) is 5.02. The van der Waals surface area contributed by atoms with Crippen molar-refractivity contribution in [2.24, 2.45) is 5.73 Å². The van der Waals surface area contributed by atoms with Gasteiger partial charge in [-0.25, -0.2) is 4.98 Å². The molecule has 0 aliphatic carbocycles. The third-order valence-corrected chi connectivity index (χ3v) is 2.14. The first-order chi connectivity index (χ1) is 7.75. The van der Waals surface area contributed by atoms with Gasteiger partial charge < -0.3 is 10.5 Å². The third kappa shape index (κ3) is 2.55. The molecule has 16 heavy (non-hydrogen) atoms. The van der Waals surface area contributed by atoms with Crippen molar-refractivity contribution < 1.29 is 4.74 Å². The Labute approximate surface area is 94.1 Å². The van der Waals surface area contributed by atoms with E-state index in [1.54, 1.807) is 18.6 Å². The molecule has 0 unspecified atom stereocenters. The van der Waals surface area contributed by atoms with Crippen LogP contribution in [0.1, 0.15) is 18.5 Å². The van der Waals surface area contributed by atoms with Crippen molar-refractivity contribution in [3.05, 3.63) is 48.4 Å². The zero-order valence-corrected chi connectivity index (χ0v) is 9.00. The molecule has 0 aliphatic heterocycles. The van der Waals surface area contributed by atoms with Gasteiger partial charge in [0.2, 0.25) is 5.88 Å². The van der Waals surface area contributed by atoms with Crippen LogP contribution in [-0.2, 0) is 0 Å². The van der Waals surface area contributed by atoms with Crippen molar-refractivity contribution in [1.29, 1.82) is 0 Å². The molecule has 0 saturated heterocycles. The molecule has 2 aromatic rings. The second-order valence-corrected chi connectivity index (χ2v) is 3.51. The van der Waals surface area contributed by atoms with E-state index in [4.69, 9.17) is 10.5 Å². The van der Waals surface area contributed by atoms with Crippen molar-refractivity contribution in [1.82, 2.24) is 9.97 Å². The Morgan fingerprint density at radius 3 is 2.88 bits per heavy atom. The fourth-order valence-corrected chi connectivity index (χ4v) is 1.29. The van der Waals surface area contributed by atoms with Gasteiger partial charge in [-0.1, -0.05) is 0 Å². The summed E-state index contributed by atoms with van der Waals surface area (Å²) in [7, 11) is 0. The molecule has 2 N–H and O–H groups in total. The fraction of sp³-hybridized carbons (Fsp3) is 0.167. The summed E-state index contributed by atoms with van der Waals surface area (Å²) in [6.45, 7) is 1.92. The van der Waals surface area contributed by atoms with Gasteiger partial charge in [-0.05, 0) is 30.7 Å². The van der Waals surface area contributed by atoms with Crippen LogP contribution in [0.3, 0.4) is 0 Å². The normalized spacial score (nSPS) is 12.1. The number of nitrogens with zero attached hydrogens (tertiary/aromatic N) is 2. The third-order valence-electron chi connectivity index (χ3n) is 2.14. The predicted molar refractivity (Wildman–Crippen MR) is 61.2 cm³/mol. The molecular formula is C12H13N3O. The molecule has 2 aromatic heterocycles. The lowest BCUT2D eigenvalue weighted by atomic mass is 10.1. The highest BCUT2D eigenvalue weighted by molar-refractivity contribution is 5.27. The molecule has 0 bridgehead atoms. The minimum atomic E-state index is -0.0285. The second-order valence-electron chi connectivity index (χ2n) is 3.51. The van der Waals surface area contributed by atoms with Crippen LogP contribution in [0.4, 0.5) is 0 Å². The Hall–Kier alpha value is -1.94. The van der Waals surface area contributed by atoms with Crippen LogP contribution in [0.5, 0.6) is 11.6 Å². The summed E-state index contributed by atoms with van der Waals surface area (Å²) < 4.78 is 5.54. The lowest BCUT2D eigenvalue weighted by molar-refractivity contribution is 0.459. The maximum atomic E-state index is 5.78. The molecule has 1 atom stereocenters. The molecule has 0 radical (unpaired) electrons. The Morgan fingerprint density at radius 1 is 1.31 bits per heavy atom. The molecule has 4 nitrogen and oxygen atoms in total. The van der Waals surface area contributed by atoms with Gasteiger partial charge in [0, 0.05) is 24.5 Å².